The second kappa shape index (κ2) is 7.61. The minimum atomic E-state index is -1.51. The zero-order chi connectivity index (χ0) is 13.4. The van der Waals surface area contributed by atoms with E-state index in [1.165, 1.54) is 0 Å². The van der Waals surface area contributed by atoms with Crippen molar-refractivity contribution in [1.82, 2.24) is 0 Å². The molecule has 0 bridgehead atoms. The first kappa shape index (κ1) is 17.8. The van der Waals surface area contributed by atoms with Crippen LogP contribution in [0.25, 0.3) is 0 Å². The van der Waals surface area contributed by atoms with Gasteiger partial charge < -0.3 is 14.9 Å². The normalized spacial score (nSPS) is 11.2. The summed E-state index contributed by atoms with van der Waals surface area (Å²) < 4.78 is 4.16. The minimum Gasteiger partial charge on any atom is -0.516 e. The molecule has 16 heavy (non-hydrogen) atoms. The third-order valence-corrected chi connectivity index (χ3v) is 1.88. The van der Waals surface area contributed by atoms with Crippen LogP contribution in [0.5, 0.6) is 0 Å². The van der Waals surface area contributed by atoms with Gasteiger partial charge in [-0.15, -0.1) is 0 Å². The van der Waals surface area contributed by atoms with E-state index >= 15 is 0 Å². The first-order valence-electron chi connectivity index (χ1n) is 4.41. The first-order chi connectivity index (χ1) is 7.10. The van der Waals surface area contributed by atoms with Gasteiger partial charge in [0.05, 0.1) is 17.5 Å². The molecule has 8 heteroatoms. The molecule has 0 atom stereocenters. The van der Waals surface area contributed by atoms with Crippen molar-refractivity contribution in [3.8, 4) is 0 Å². The summed E-state index contributed by atoms with van der Waals surface area (Å²) in [5, 5.41) is 33.6. The van der Waals surface area contributed by atoms with Crippen LogP contribution in [-0.2, 0) is 14.3 Å². The summed E-state index contributed by atoms with van der Waals surface area (Å²) in [7, 11) is -1.51. The van der Waals surface area contributed by atoms with E-state index in [0.29, 0.717) is 0 Å². The van der Waals surface area contributed by atoms with E-state index in [0.717, 1.165) is 6.26 Å². The quantitative estimate of drug-likeness (QED) is 0.241. The molecule has 0 unspecified atom stereocenters. The lowest BCUT2D eigenvalue weighted by Gasteiger charge is -2.31. The molecule has 0 spiro atoms. The third-order valence-electron chi connectivity index (χ3n) is 1.88. The maximum atomic E-state index is 9.10. The highest BCUT2D eigenvalue weighted by Gasteiger charge is 2.31. The Balaban J connectivity index is 0. The summed E-state index contributed by atoms with van der Waals surface area (Å²) in [4.78, 5) is 6.75. The van der Waals surface area contributed by atoms with Crippen molar-refractivity contribution in [3.63, 3.8) is 0 Å². The van der Waals surface area contributed by atoms with Crippen molar-refractivity contribution < 1.29 is 35.0 Å². The van der Waals surface area contributed by atoms with E-state index in [2.05, 4.69) is 20.8 Å². The van der Waals surface area contributed by atoms with Crippen molar-refractivity contribution >= 4 is 7.32 Å². The Hall–Kier alpha value is -0.635. The third kappa shape index (κ3) is 8.66. The molecule has 0 saturated heterocycles. The van der Waals surface area contributed by atoms with Crippen molar-refractivity contribution in [3.05, 3.63) is 12.8 Å². The molecule has 0 aliphatic rings. The molecule has 0 rings (SSSR count). The van der Waals surface area contributed by atoms with Crippen LogP contribution >= 0.6 is 0 Å². The van der Waals surface area contributed by atoms with Crippen LogP contribution in [0, 0.1) is 0 Å². The van der Waals surface area contributed by atoms with E-state index in [4.69, 9.17) is 20.7 Å². The van der Waals surface area contributed by atoms with Crippen LogP contribution in [0.2, 0.25) is 0 Å². The summed E-state index contributed by atoms with van der Waals surface area (Å²) in [6.45, 7) is 9.40. The van der Waals surface area contributed by atoms with Crippen molar-refractivity contribution in [2.75, 3.05) is 0 Å². The monoisotopic (exact) mass is 238 g/mol. The fourth-order valence-electron chi connectivity index (χ4n) is 0.148. The second-order valence-electron chi connectivity index (χ2n) is 3.92. The van der Waals surface area contributed by atoms with E-state index in [9.17, 15) is 0 Å². The Morgan fingerprint density at radius 3 is 1.38 bits per heavy atom. The highest BCUT2D eigenvalue weighted by atomic mass is 17.2. The van der Waals surface area contributed by atoms with Crippen molar-refractivity contribution in [2.45, 2.75) is 38.9 Å². The van der Waals surface area contributed by atoms with E-state index in [1.807, 2.05) is 0 Å². The SMILES string of the molecule is C=COB(OO)OO.CC(C)(O)C(C)(C)O. The van der Waals surface area contributed by atoms with Crippen molar-refractivity contribution in [2.24, 2.45) is 0 Å². The predicted octanol–water partition coefficient (Wildman–Crippen LogP) is 0.639. The molecular weight excluding hydrogens is 219 g/mol. The molecule has 0 radical (unpaired) electrons. The summed E-state index contributed by atoms with van der Waals surface area (Å²) in [6, 6.07) is 0. The number of rotatable bonds is 5. The van der Waals surface area contributed by atoms with Crippen molar-refractivity contribution in [1.29, 1.82) is 0 Å². The van der Waals surface area contributed by atoms with Gasteiger partial charge in [0, 0.05) is 0 Å². The van der Waals surface area contributed by atoms with Gasteiger partial charge in [-0.25, -0.2) is 9.61 Å². The molecule has 0 aromatic rings. The standard InChI is InChI=1S/C6H14O2.C2H5BO5/c1-5(2,7)6(3,4)8;1-2-6-3(7-4)8-5/h7-8H,1-4H3;2,4-5H,1H2. The molecule has 96 valence electrons. The summed E-state index contributed by atoms with van der Waals surface area (Å²) in [6.07, 6.45) is 0.942. The first-order valence-corrected chi connectivity index (χ1v) is 4.41. The fraction of sp³-hybridized carbons (Fsp3) is 0.750. The Kier molecular flexibility index (Phi) is 8.44. The van der Waals surface area contributed by atoms with E-state index in [-0.39, 0.29) is 0 Å². The number of aliphatic hydroxyl groups is 2. The summed E-state index contributed by atoms with van der Waals surface area (Å²) in [5.41, 5.74) is -2.01. The maximum absolute atomic E-state index is 9.10. The van der Waals surface area contributed by atoms with Gasteiger partial charge in [-0.1, -0.05) is 6.58 Å². The lowest BCUT2D eigenvalue weighted by molar-refractivity contribution is -0.245. The maximum Gasteiger partial charge on any atom is 0.769 e. The van der Waals surface area contributed by atoms with Crippen LogP contribution in [0.1, 0.15) is 27.7 Å². The molecule has 0 amide bonds. The van der Waals surface area contributed by atoms with Gasteiger partial charge >= 0.3 is 7.32 Å². The van der Waals surface area contributed by atoms with Gasteiger partial charge in [-0.05, 0) is 27.7 Å². The van der Waals surface area contributed by atoms with E-state index in [1.54, 1.807) is 27.7 Å². The van der Waals surface area contributed by atoms with E-state index < -0.39 is 18.5 Å². The van der Waals surface area contributed by atoms with Gasteiger partial charge in [0.15, 0.2) is 0 Å². The van der Waals surface area contributed by atoms with Crippen LogP contribution in [0.4, 0.5) is 0 Å². The molecule has 0 aromatic heterocycles. The average molecular weight is 238 g/mol. The molecule has 0 saturated carbocycles. The van der Waals surface area contributed by atoms with Gasteiger partial charge in [-0.3, -0.25) is 10.5 Å². The number of hydrogen-bond donors (Lipinski definition) is 4. The highest BCUT2D eigenvalue weighted by molar-refractivity contribution is 6.35. The van der Waals surface area contributed by atoms with Gasteiger partial charge in [0.25, 0.3) is 0 Å². The minimum absolute atomic E-state index is 0.942. The number of hydrogen-bond acceptors (Lipinski definition) is 7. The molecule has 7 nitrogen and oxygen atoms in total. The Morgan fingerprint density at radius 1 is 1.00 bits per heavy atom. The largest absolute Gasteiger partial charge is 0.769 e. The summed E-state index contributed by atoms with van der Waals surface area (Å²) >= 11 is 0. The second-order valence-corrected chi connectivity index (χ2v) is 3.92. The average Bonchev–Trinajstić information content (AvgIpc) is 2.12. The van der Waals surface area contributed by atoms with Crippen LogP contribution in [-0.4, -0.2) is 39.3 Å². The predicted molar refractivity (Wildman–Crippen MR) is 57.1 cm³/mol. The lowest BCUT2D eigenvalue weighted by Crippen LogP contribution is -2.44. The smallest absolute Gasteiger partial charge is 0.516 e. The van der Waals surface area contributed by atoms with Gasteiger partial charge in [0.1, 0.15) is 0 Å². The lowest BCUT2D eigenvalue weighted by atomic mass is 9.90. The zero-order valence-electron chi connectivity index (χ0n) is 9.88. The molecular formula is C8H19BO7. The Bertz CT molecular complexity index is 168. The fourth-order valence-corrected chi connectivity index (χ4v) is 0.148. The molecule has 0 aliphatic carbocycles. The highest BCUT2D eigenvalue weighted by Crippen LogP contribution is 2.19. The van der Waals surface area contributed by atoms with Gasteiger partial charge in [-0.2, -0.15) is 0 Å². The molecule has 0 aliphatic heterocycles. The van der Waals surface area contributed by atoms with Gasteiger partial charge in [0.2, 0.25) is 0 Å². The molecule has 4 N–H and O–H groups in total. The Morgan fingerprint density at radius 2 is 1.31 bits per heavy atom. The van der Waals surface area contributed by atoms with Crippen LogP contribution in [0.3, 0.4) is 0 Å². The topological polar surface area (TPSA) is 109 Å². The molecule has 0 heterocycles. The Labute approximate surface area is 94.9 Å². The zero-order valence-corrected chi connectivity index (χ0v) is 9.88. The van der Waals surface area contributed by atoms with Crippen LogP contribution in [0.15, 0.2) is 12.8 Å². The van der Waals surface area contributed by atoms with Crippen LogP contribution < -0.4 is 0 Å². The molecule has 0 fully saturated rings. The molecule has 0 aromatic carbocycles. The summed E-state index contributed by atoms with van der Waals surface area (Å²) in [5.74, 6) is 0.